The summed E-state index contributed by atoms with van der Waals surface area (Å²) in [5, 5.41) is 3.47. The summed E-state index contributed by atoms with van der Waals surface area (Å²) in [6.07, 6.45) is 2.44. The number of ether oxygens (including phenoxy) is 2. The Labute approximate surface area is 130 Å². The average Bonchev–Trinajstić information content (AvgIpc) is 2.47. The van der Waals surface area contributed by atoms with E-state index in [1.165, 1.54) is 12.8 Å². The predicted molar refractivity (Wildman–Crippen MR) is 88.9 cm³/mol. The standard InChI is InChI=1S/C18H31NO2/c1-6-9-15(4)13-21-18(12-19-14(2)3)16-10-7-8-11-17(16)20-5/h7-8,10-11,14-15,18-19H,6,9,12-13H2,1-5H3. The third-order valence-electron chi connectivity index (χ3n) is 3.56. The molecule has 1 rings (SSSR count). The Bertz CT molecular complexity index is 393. The number of nitrogens with one attached hydrogen (secondary N) is 1. The van der Waals surface area contributed by atoms with Gasteiger partial charge >= 0.3 is 0 Å². The van der Waals surface area contributed by atoms with Crippen molar-refractivity contribution in [1.82, 2.24) is 5.32 Å². The Morgan fingerprint density at radius 3 is 2.48 bits per heavy atom. The Balaban J connectivity index is 2.75. The lowest BCUT2D eigenvalue weighted by Crippen LogP contribution is -2.30. The third kappa shape index (κ3) is 6.49. The first-order valence-corrected chi connectivity index (χ1v) is 8.06. The quantitative estimate of drug-likeness (QED) is 0.702. The summed E-state index contributed by atoms with van der Waals surface area (Å²) in [7, 11) is 1.71. The van der Waals surface area contributed by atoms with Crippen molar-refractivity contribution in [3.8, 4) is 5.75 Å². The van der Waals surface area contributed by atoms with Crippen molar-refractivity contribution in [3.63, 3.8) is 0 Å². The van der Waals surface area contributed by atoms with E-state index in [1.54, 1.807) is 7.11 Å². The molecule has 3 nitrogen and oxygen atoms in total. The van der Waals surface area contributed by atoms with E-state index in [0.717, 1.165) is 24.5 Å². The highest BCUT2D eigenvalue weighted by Gasteiger charge is 2.17. The third-order valence-corrected chi connectivity index (χ3v) is 3.56. The van der Waals surface area contributed by atoms with Crippen LogP contribution >= 0.6 is 0 Å². The van der Waals surface area contributed by atoms with Crippen LogP contribution in [0.1, 0.15) is 52.2 Å². The predicted octanol–water partition coefficient (Wildman–Crippen LogP) is 4.19. The van der Waals surface area contributed by atoms with Crippen LogP contribution < -0.4 is 10.1 Å². The molecule has 1 aromatic rings. The first kappa shape index (κ1) is 18.0. The van der Waals surface area contributed by atoms with Crippen molar-refractivity contribution in [2.75, 3.05) is 20.3 Å². The van der Waals surface area contributed by atoms with Gasteiger partial charge in [-0.25, -0.2) is 0 Å². The number of benzene rings is 1. The van der Waals surface area contributed by atoms with Crippen LogP contribution in [-0.2, 0) is 4.74 Å². The molecule has 0 aliphatic carbocycles. The summed E-state index contributed by atoms with van der Waals surface area (Å²) in [5.74, 6) is 1.49. The van der Waals surface area contributed by atoms with Gasteiger partial charge in [0.15, 0.2) is 0 Å². The second-order valence-corrected chi connectivity index (χ2v) is 6.02. The zero-order valence-electron chi connectivity index (χ0n) is 14.2. The molecule has 1 aromatic carbocycles. The number of hydrogen-bond acceptors (Lipinski definition) is 3. The van der Waals surface area contributed by atoms with Gasteiger partial charge in [-0.2, -0.15) is 0 Å². The van der Waals surface area contributed by atoms with E-state index in [9.17, 15) is 0 Å². The van der Waals surface area contributed by atoms with Crippen molar-refractivity contribution in [3.05, 3.63) is 29.8 Å². The fourth-order valence-electron chi connectivity index (χ4n) is 2.39. The maximum atomic E-state index is 6.19. The number of hydrogen-bond donors (Lipinski definition) is 1. The zero-order valence-corrected chi connectivity index (χ0v) is 14.2. The first-order chi connectivity index (χ1) is 10.1. The van der Waals surface area contributed by atoms with E-state index in [-0.39, 0.29) is 6.10 Å². The fraction of sp³-hybridized carbons (Fsp3) is 0.667. The van der Waals surface area contributed by atoms with Gasteiger partial charge in [0, 0.05) is 18.2 Å². The maximum Gasteiger partial charge on any atom is 0.124 e. The van der Waals surface area contributed by atoms with Gasteiger partial charge in [0.05, 0.1) is 19.8 Å². The van der Waals surface area contributed by atoms with Crippen LogP contribution in [0.4, 0.5) is 0 Å². The minimum absolute atomic E-state index is 0.0304. The highest BCUT2D eigenvalue weighted by Crippen LogP contribution is 2.27. The van der Waals surface area contributed by atoms with Gasteiger partial charge in [0.25, 0.3) is 0 Å². The average molecular weight is 293 g/mol. The molecule has 0 heterocycles. The molecule has 0 saturated carbocycles. The van der Waals surface area contributed by atoms with Crippen molar-refractivity contribution < 1.29 is 9.47 Å². The molecule has 0 fully saturated rings. The molecule has 0 aliphatic rings. The molecule has 0 saturated heterocycles. The second kappa shape index (κ2) is 9.80. The first-order valence-electron chi connectivity index (χ1n) is 8.06. The van der Waals surface area contributed by atoms with Crippen LogP contribution in [0.25, 0.3) is 0 Å². The molecular weight excluding hydrogens is 262 g/mol. The summed E-state index contributed by atoms with van der Waals surface area (Å²) < 4.78 is 11.7. The maximum absolute atomic E-state index is 6.19. The van der Waals surface area contributed by atoms with Crippen molar-refractivity contribution in [1.29, 1.82) is 0 Å². The van der Waals surface area contributed by atoms with Gasteiger partial charge in [-0.1, -0.05) is 52.3 Å². The summed E-state index contributed by atoms with van der Waals surface area (Å²) in [6.45, 7) is 10.4. The normalized spacial score (nSPS) is 14.2. The second-order valence-electron chi connectivity index (χ2n) is 6.02. The monoisotopic (exact) mass is 293 g/mol. The van der Waals surface area contributed by atoms with Crippen molar-refractivity contribution in [2.45, 2.75) is 52.7 Å². The summed E-state index contributed by atoms with van der Waals surface area (Å²) in [6, 6.07) is 8.57. The molecule has 0 aromatic heterocycles. The molecule has 0 radical (unpaired) electrons. The van der Waals surface area contributed by atoms with E-state index in [1.807, 2.05) is 18.2 Å². The zero-order chi connectivity index (χ0) is 15.7. The largest absolute Gasteiger partial charge is 0.496 e. The summed E-state index contributed by atoms with van der Waals surface area (Å²) >= 11 is 0. The molecule has 0 amide bonds. The van der Waals surface area contributed by atoms with Crippen LogP contribution in [0.5, 0.6) is 5.75 Å². The van der Waals surface area contributed by atoms with Crippen LogP contribution in [0.3, 0.4) is 0 Å². The van der Waals surface area contributed by atoms with Gasteiger partial charge in [0.1, 0.15) is 5.75 Å². The van der Waals surface area contributed by atoms with Crippen molar-refractivity contribution >= 4 is 0 Å². The fourth-order valence-corrected chi connectivity index (χ4v) is 2.39. The van der Waals surface area contributed by atoms with Gasteiger partial charge in [-0.15, -0.1) is 0 Å². The van der Waals surface area contributed by atoms with E-state index < -0.39 is 0 Å². The molecule has 3 heteroatoms. The highest BCUT2D eigenvalue weighted by atomic mass is 16.5. The summed E-state index contributed by atoms with van der Waals surface area (Å²) in [4.78, 5) is 0. The molecule has 2 unspecified atom stereocenters. The molecule has 120 valence electrons. The molecule has 21 heavy (non-hydrogen) atoms. The minimum atomic E-state index is 0.0304. The smallest absolute Gasteiger partial charge is 0.124 e. The summed E-state index contributed by atoms with van der Waals surface area (Å²) in [5.41, 5.74) is 1.12. The molecule has 1 N–H and O–H groups in total. The van der Waals surface area contributed by atoms with Gasteiger partial charge in [0.2, 0.25) is 0 Å². The molecule has 0 aliphatic heterocycles. The highest BCUT2D eigenvalue weighted by molar-refractivity contribution is 5.35. The Morgan fingerprint density at radius 1 is 1.14 bits per heavy atom. The van der Waals surface area contributed by atoms with Crippen LogP contribution in [0.15, 0.2) is 24.3 Å². The van der Waals surface area contributed by atoms with E-state index >= 15 is 0 Å². The van der Waals surface area contributed by atoms with Crippen LogP contribution in [0, 0.1) is 5.92 Å². The van der Waals surface area contributed by atoms with E-state index in [2.05, 4.69) is 39.1 Å². The minimum Gasteiger partial charge on any atom is -0.496 e. The number of methoxy groups -OCH3 is 1. The van der Waals surface area contributed by atoms with Crippen LogP contribution in [-0.4, -0.2) is 26.3 Å². The lowest BCUT2D eigenvalue weighted by molar-refractivity contribution is 0.0275. The van der Waals surface area contributed by atoms with Crippen LogP contribution in [0.2, 0.25) is 0 Å². The number of rotatable bonds is 10. The Kier molecular flexibility index (Phi) is 8.40. The lowest BCUT2D eigenvalue weighted by atomic mass is 10.1. The molecule has 0 spiro atoms. The van der Waals surface area contributed by atoms with E-state index in [4.69, 9.17) is 9.47 Å². The topological polar surface area (TPSA) is 30.5 Å². The number of para-hydroxylation sites is 1. The van der Waals surface area contributed by atoms with Gasteiger partial charge < -0.3 is 14.8 Å². The van der Waals surface area contributed by atoms with Crippen molar-refractivity contribution in [2.24, 2.45) is 5.92 Å². The Hall–Kier alpha value is -1.06. The molecular formula is C18H31NO2. The SMILES string of the molecule is CCCC(C)COC(CNC(C)C)c1ccccc1OC. The lowest BCUT2D eigenvalue weighted by Gasteiger charge is -2.24. The van der Waals surface area contributed by atoms with Gasteiger partial charge in [-0.05, 0) is 18.4 Å². The van der Waals surface area contributed by atoms with Gasteiger partial charge in [-0.3, -0.25) is 0 Å². The molecule has 0 bridgehead atoms. The molecule has 2 atom stereocenters. The van der Waals surface area contributed by atoms with E-state index in [0.29, 0.717) is 12.0 Å². The Morgan fingerprint density at radius 2 is 1.86 bits per heavy atom.